The van der Waals surface area contributed by atoms with Crippen LogP contribution in [0.25, 0.3) is 11.6 Å². The van der Waals surface area contributed by atoms with Gasteiger partial charge in [0.25, 0.3) is 0 Å². The Kier molecular flexibility index (Phi) is 5.54. The summed E-state index contributed by atoms with van der Waals surface area (Å²) in [5.41, 5.74) is 4.41. The van der Waals surface area contributed by atoms with Crippen molar-refractivity contribution in [2.75, 3.05) is 18.0 Å². The third kappa shape index (κ3) is 4.30. The number of piperidine rings is 1. The standard InChI is InChI=1S/C22H25NO2/c1-2-17-6-10-19(11-7-17)21(22(24)25)16-18-8-12-20(13-9-18)23-14-4-3-5-15-23/h6-13,16H,2-5,14-15H2,1H3,(H,24,25)/b21-16-. The van der Waals surface area contributed by atoms with Crippen molar-refractivity contribution >= 4 is 23.3 Å². The van der Waals surface area contributed by atoms with Crippen LogP contribution in [0.3, 0.4) is 0 Å². The molecule has 1 aliphatic heterocycles. The second-order valence-corrected chi connectivity index (χ2v) is 6.55. The molecule has 3 nitrogen and oxygen atoms in total. The molecule has 1 saturated heterocycles. The van der Waals surface area contributed by atoms with Crippen molar-refractivity contribution in [1.82, 2.24) is 0 Å². The molecule has 0 aromatic heterocycles. The van der Waals surface area contributed by atoms with Crippen molar-refractivity contribution < 1.29 is 9.90 Å². The minimum Gasteiger partial charge on any atom is -0.478 e. The van der Waals surface area contributed by atoms with E-state index in [0.717, 1.165) is 30.6 Å². The molecule has 0 spiro atoms. The molecule has 0 atom stereocenters. The Hall–Kier alpha value is -2.55. The SMILES string of the molecule is CCc1ccc(/C(=C/c2ccc(N3CCCCC3)cc2)C(=O)O)cc1. The number of aliphatic carboxylic acids is 1. The van der Waals surface area contributed by atoms with Crippen molar-refractivity contribution in [3.05, 3.63) is 65.2 Å². The van der Waals surface area contributed by atoms with Crippen LogP contribution in [0.15, 0.2) is 48.5 Å². The average molecular weight is 335 g/mol. The van der Waals surface area contributed by atoms with E-state index in [1.165, 1.54) is 30.5 Å². The number of benzene rings is 2. The van der Waals surface area contributed by atoms with Crippen molar-refractivity contribution in [2.45, 2.75) is 32.6 Å². The lowest BCUT2D eigenvalue weighted by atomic mass is 10.0. The monoisotopic (exact) mass is 335 g/mol. The van der Waals surface area contributed by atoms with Crippen molar-refractivity contribution in [3.8, 4) is 0 Å². The predicted molar refractivity (Wildman–Crippen MR) is 104 cm³/mol. The van der Waals surface area contributed by atoms with Gasteiger partial charge in [-0.2, -0.15) is 0 Å². The Morgan fingerprint density at radius 2 is 1.64 bits per heavy atom. The Bertz CT molecular complexity index is 739. The summed E-state index contributed by atoms with van der Waals surface area (Å²) in [6.07, 6.45) is 6.51. The summed E-state index contributed by atoms with van der Waals surface area (Å²) in [5.74, 6) is -0.899. The molecule has 0 bridgehead atoms. The quantitative estimate of drug-likeness (QED) is 0.626. The topological polar surface area (TPSA) is 40.5 Å². The average Bonchev–Trinajstić information content (AvgIpc) is 2.67. The summed E-state index contributed by atoms with van der Waals surface area (Å²) in [6, 6.07) is 16.0. The van der Waals surface area contributed by atoms with Gasteiger partial charge in [-0.3, -0.25) is 0 Å². The molecule has 3 rings (SSSR count). The number of nitrogens with zero attached hydrogens (tertiary/aromatic N) is 1. The third-order valence-electron chi connectivity index (χ3n) is 4.83. The van der Waals surface area contributed by atoms with E-state index in [-0.39, 0.29) is 0 Å². The molecule has 0 aliphatic carbocycles. The van der Waals surface area contributed by atoms with E-state index in [9.17, 15) is 9.90 Å². The zero-order valence-corrected chi connectivity index (χ0v) is 14.7. The normalized spacial score (nSPS) is 15.2. The second-order valence-electron chi connectivity index (χ2n) is 6.55. The lowest BCUT2D eigenvalue weighted by Gasteiger charge is -2.28. The van der Waals surface area contributed by atoms with E-state index >= 15 is 0 Å². The van der Waals surface area contributed by atoms with Crippen LogP contribution in [-0.2, 0) is 11.2 Å². The predicted octanol–water partition coefficient (Wildman–Crippen LogP) is 4.86. The van der Waals surface area contributed by atoms with Gasteiger partial charge in [0.05, 0.1) is 5.57 Å². The smallest absolute Gasteiger partial charge is 0.336 e. The first kappa shape index (κ1) is 17.3. The maximum atomic E-state index is 11.7. The Morgan fingerprint density at radius 3 is 2.20 bits per heavy atom. The van der Waals surface area contributed by atoms with Crippen LogP contribution >= 0.6 is 0 Å². The molecule has 0 radical (unpaired) electrons. The van der Waals surface area contributed by atoms with E-state index < -0.39 is 5.97 Å². The van der Waals surface area contributed by atoms with Gasteiger partial charge in [0.1, 0.15) is 0 Å². The largest absolute Gasteiger partial charge is 0.478 e. The maximum absolute atomic E-state index is 11.7. The number of carboxylic acid groups (broad SMARTS) is 1. The fourth-order valence-corrected chi connectivity index (χ4v) is 3.29. The number of hydrogen-bond donors (Lipinski definition) is 1. The molecule has 2 aromatic rings. The number of carboxylic acids is 1. The van der Waals surface area contributed by atoms with Gasteiger partial charge in [0.2, 0.25) is 0 Å². The second kappa shape index (κ2) is 8.02. The van der Waals surface area contributed by atoms with Gasteiger partial charge in [-0.1, -0.05) is 43.3 Å². The molecule has 2 aromatic carbocycles. The minimum absolute atomic E-state index is 0.327. The third-order valence-corrected chi connectivity index (χ3v) is 4.83. The van der Waals surface area contributed by atoms with Gasteiger partial charge in [0, 0.05) is 18.8 Å². The number of anilines is 1. The molecule has 1 heterocycles. The van der Waals surface area contributed by atoms with Crippen molar-refractivity contribution in [2.24, 2.45) is 0 Å². The summed E-state index contributed by atoms with van der Waals surface area (Å²) >= 11 is 0. The number of carbonyl (C=O) groups is 1. The Morgan fingerprint density at radius 1 is 1.00 bits per heavy atom. The van der Waals surface area contributed by atoms with Crippen molar-refractivity contribution in [3.63, 3.8) is 0 Å². The number of hydrogen-bond acceptors (Lipinski definition) is 2. The first-order chi connectivity index (χ1) is 12.2. The van der Waals surface area contributed by atoms with Crippen LogP contribution in [0.4, 0.5) is 5.69 Å². The Balaban J connectivity index is 1.83. The summed E-state index contributed by atoms with van der Waals surface area (Å²) in [4.78, 5) is 14.1. The molecule has 130 valence electrons. The van der Waals surface area contributed by atoms with E-state index in [1.807, 2.05) is 36.4 Å². The van der Waals surface area contributed by atoms with Crippen LogP contribution in [-0.4, -0.2) is 24.2 Å². The molecule has 3 heteroatoms. The zero-order valence-electron chi connectivity index (χ0n) is 14.7. The van der Waals surface area contributed by atoms with Crippen molar-refractivity contribution in [1.29, 1.82) is 0 Å². The maximum Gasteiger partial charge on any atom is 0.336 e. The van der Waals surface area contributed by atoms with Gasteiger partial charge in [-0.05, 0) is 60.6 Å². The van der Waals surface area contributed by atoms with E-state index in [2.05, 4.69) is 24.0 Å². The minimum atomic E-state index is -0.899. The van der Waals surface area contributed by atoms with Gasteiger partial charge in [-0.15, -0.1) is 0 Å². The van der Waals surface area contributed by atoms with E-state index in [1.54, 1.807) is 6.08 Å². The zero-order chi connectivity index (χ0) is 17.6. The highest BCUT2D eigenvalue weighted by Crippen LogP contribution is 2.23. The summed E-state index contributed by atoms with van der Waals surface area (Å²) in [5, 5.41) is 9.60. The van der Waals surface area contributed by atoms with Gasteiger partial charge in [-0.25, -0.2) is 4.79 Å². The van der Waals surface area contributed by atoms with Crippen LogP contribution in [0.1, 0.15) is 42.9 Å². The molecule has 0 saturated carbocycles. The summed E-state index contributed by atoms with van der Waals surface area (Å²) in [6.45, 7) is 4.31. The highest BCUT2D eigenvalue weighted by Gasteiger charge is 2.12. The fraction of sp³-hybridized carbons (Fsp3) is 0.318. The number of aryl methyl sites for hydroxylation is 1. The molecule has 0 unspecified atom stereocenters. The molecule has 1 N–H and O–H groups in total. The first-order valence-electron chi connectivity index (χ1n) is 9.06. The molecular weight excluding hydrogens is 310 g/mol. The fourth-order valence-electron chi connectivity index (χ4n) is 3.29. The van der Waals surface area contributed by atoms with Crippen LogP contribution < -0.4 is 4.90 Å². The van der Waals surface area contributed by atoms with Crippen LogP contribution in [0.2, 0.25) is 0 Å². The van der Waals surface area contributed by atoms with Gasteiger partial charge in [0.15, 0.2) is 0 Å². The summed E-state index contributed by atoms with van der Waals surface area (Å²) in [7, 11) is 0. The lowest BCUT2D eigenvalue weighted by Crippen LogP contribution is -2.29. The van der Waals surface area contributed by atoms with Crippen LogP contribution in [0, 0.1) is 0 Å². The number of rotatable bonds is 5. The lowest BCUT2D eigenvalue weighted by molar-refractivity contribution is -0.130. The highest BCUT2D eigenvalue weighted by atomic mass is 16.4. The molecule has 0 amide bonds. The molecule has 1 fully saturated rings. The van der Waals surface area contributed by atoms with Gasteiger partial charge < -0.3 is 10.0 Å². The highest BCUT2D eigenvalue weighted by molar-refractivity contribution is 6.20. The van der Waals surface area contributed by atoms with E-state index in [0.29, 0.717) is 5.57 Å². The molecule has 25 heavy (non-hydrogen) atoms. The Labute approximate surface area is 149 Å². The molecule has 1 aliphatic rings. The molecular formula is C22H25NO2. The summed E-state index contributed by atoms with van der Waals surface area (Å²) < 4.78 is 0. The van der Waals surface area contributed by atoms with E-state index in [4.69, 9.17) is 0 Å². The van der Waals surface area contributed by atoms with Crippen LogP contribution in [0.5, 0.6) is 0 Å². The first-order valence-corrected chi connectivity index (χ1v) is 9.06. The van der Waals surface area contributed by atoms with Gasteiger partial charge >= 0.3 is 5.97 Å².